The van der Waals surface area contributed by atoms with E-state index < -0.39 is 0 Å². The zero-order valence-corrected chi connectivity index (χ0v) is 13.2. The molecule has 2 saturated carbocycles. The average Bonchev–Trinajstić information content (AvgIpc) is 2.87. The Morgan fingerprint density at radius 1 is 1.00 bits per heavy atom. The number of nitrogens with two attached hydrogens (primary N) is 1. The number of hydrogen-bond acceptors (Lipinski definition) is 2. The molecule has 2 aliphatic rings. The maximum Gasteiger partial charge on any atom is 0.225 e. The van der Waals surface area contributed by atoms with Crippen molar-refractivity contribution >= 4 is 5.91 Å². The van der Waals surface area contributed by atoms with Gasteiger partial charge in [-0.1, -0.05) is 38.5 Å². The van der Waals surface area contributed by atoms with Crippen molar-refractivity contribution in [3.8, 4) is 0 Å². The molecule has 0 bridgehead atoms. The van der Waals surface area contributed by atoms with Crippen LogP contribution in [-0.2, 0) is 4.79 Å². The Morgan fingerprint density at radius 2 is 1.65 bits per heavy atom. The first-order chi connectivity index (χ1) is 9.77. The van der Waals surface area contributed by atoms with E-state index in [1.54, 1.807) is 0 Å². The molecule has 0 aromatic rings. The van der Waals surface area contributed by atoms with Crippen molar-refractivity contribution in [3.05, 3.63) is 0 Å². The van der Waals surface area contributed by atoms with Gasteiger partial charge in [0.1, 0.15) is 0 Å². The van der Waals surface area contributed by atoms with Crippen LogP contribution in [0.2, 0.25) is 0 Å². The van der Waals surface area contributed by atoms with Gasteiger partial charge in [0.2, 0.25) is 5.91 Å². The average molecular weight is 280 g/mol. The normalized spacial score (nSPS) is 28.9. The Kier molecular flexibility index (Phi) is 6.34. The molecule has 2 aliphatic carbocycles. The molecule has 2 unspecified atom stereocenters. The molecule has 116 valence electrons. The highest BCUT2D eigenvalue weighted by Gasteiger charge is 2.35. The fourth-order valence-corrected chi connectivity index (χ4v) is 4.19. The first kappa shape index (κ1) is 15.8. The smallest absolute Gasteiger partial charge is 0.225 e. The molecule has 2 fully saturated rings. The number of nitrogens with zero attached hydrogens (tertiary/aromatic N) is 1. The monoisotopic (exact) mass is 280 g/mol. The van der Waals surface area contributed by atoms with Crippen LogP contribution in [0.1, 0.15) is 71.1 Å². The Hall–Kier alpha value is -0.570. The summed E-state index contributed by atoms with van der Waals surface area (Å²) in [5.41, 5.74) is 5.90. The van der Waals surface area contributed by atoms with Crippen LogP contribution in [0.3, 0.4) is 0 Å². The number of hydrogen-bond donors (Lipinski definition) is 1. The lowest BCUT2D eigenvalue weighted by molar-refractivity contribution is -0.139. The third kappa shape index (κ3) is 3.75. The number of carbonyl (C=O) groups is 1. The molecule has 0 radical (unpaired) electrons. The molecule has 0 heterocycles. The lowest BCUT2D eigenvalue weighted by Crippen LogP contribution is -2.46. The summed E-state index contributed by atoms with van der Waals surface area (Å²) in [4.78, 5) is 15.1. The molecule has 20 heavy (non-hydrogen) atoms. The largest absolute Gasteiger partial charge is 0.339 e. The van der Waals surface area contributed by atoms with E-state index >= 15 is 0 Å². The Morgan fingerprint density at radius 3 is 2.25 bits per heavy atom. The predicted molar refractivity (Wildman–Crippen MR) is 83.4 cm³/mol. The van der Waals surface area contributed by atoms with E-state index in [1.165, 1.54) is 44.9 Å². The van der Waals surface area contributed by atoms with Crippen molar-refractivity contribution in [2.24, 2.45) is 17.6 Å². The first-order valence-corrected chi connectivity index (χ1v) is 8.78. The van der Waals surface area contributed by atoms with Crippen LogP contribution >= 0.6 is 0 Å². The molecule has 2 rings (SSSR count). The van der Waals surface area contributed by atoms with Crippen LogP contribution in [-0.4, -0.2) is 29.9 Å². The summed E-state index contributed by atoms with van der Waals surface area (Å²) in [5, 5.41) is 0. The molecular formula is C17H32N2O. The third-order valence-electron chi connectivity index (χ3n) is 5.40. The van der Waals surface area contributed by atoms with E-state index in [1.807, 2.05) is 0 Å². The second-order valence-electron chi connectivity index (χ2n) is 6.66. The molecule has 0 spiro atoms. The fraction of sp³-hybridized carbons (Fsp3) is 0.941. The van der Waals surface area contributed by atoms with Gasteiger partial charge < -0.3 is 10.6 Å². The van der Waals surface area contributed by atoms with Crippen LogP contribution in [0.5, 0.6) is 0 Å². The molecule has 0 aromatic heterocycles. The summed E-state index contributed by atoms with van der Waals surface area (Å²) in [6, 6.07) is 0.419. The van der Waals surface area contributed by atoms with Crippen LogP contribution < -0.4 is 5.73 Å². The minimum atomic E-state index is 0.286. The van der Waals surface area contributed by atoms with Crippen LogP contribution in [0.25, 0.3) is 0 Å². The zero-order valence-electron chi connectivity index (χ0n) is 13.2. The maximum absolute atomic E-state index is 12.9. The molecule has 2 atom stereocenters. The second kappa shape index (κ2) is 8.02. The minimum absolute atomic E-state index is 0.286. The van der Waals surface area contributed by atoms with E-state index in [2.05, 4.69) is 11.8 Å². The molecule has 0 saturated heterocycles. The van der Waals surface area contributed by atoms with Crippen LogP contribution in [0.15, 0.2) is 0 Å². The lowest BCUT2D eigenvalue weighted by Gasteiger charge is -2.35. The number of rotatable bonds is 4. The molecule has 0 aliphatic heterocycles. The van der Waals surface area contributed by atoms with Gasteiger partial charge in [-0.25, -0.2) is 0 Å². The van der Waals surface area contributed by atoms with Gasteiger partial charge in [-0.3, -0.25) is 4.79 Å². The Balaban J connectivity index is 1.99. The van der Waals surface area contributed by atoms with Crippen molar-refractivity contribution < 1.29 is 4.79 Å². The molecule has 3 heteroatoms. The van der Waals surface area contributed by atoms with Crippen LogP contribution in [0.4, 0.5) is 0 Å². The van der Waals surface area contributed by atoms with E-state index in [-0.39, 0.29) is 5.92 Å². The van der Waals surface area contributed by atoms with Gasteiger partial charge in [0, 0.05) is 18.5 Å². The highest BCUT2D eigenvalue weighted by Crippen LogP contribution is 2.32. The quantitative estimate of drug-likeness (QED) is 0.858. The molecule has 3 nitrogen and oxygen atoms in total. The van der Waals surface area contributed by atoms with Crippen molar-refractivity contribution in [1.29, 1.82) is 0 Å². The summed E-state index contributed by atoms with van der Waals surface area (Å²) in [6.07, 6.45) is 12.3. The summed E-state index contributed by atoms with van der Waals surface area (Å²) in [5.74, 6) is 1.25. The molecule has 0 aromatic carbocycles. The predicted octanol–water partition coefficient (Wildman–Crippen LogP) is 3.32. The first-order valence-electron chi connectivity index (χ1n) is 8.78. The van der Waals surface area contributed by atoms with Crippen molar-refractivity contribution in [2.75, 3.05) is 13.1 Å². The summed E-state index contributed by atoms with van der Waals surface area (Å²) in [7, 11) is 0. The van der Waals surface area contributed by atoms with Gasteiger partial charge in [0.25, 0.3) is 0 Å². The van der Waals surface area contributed by atoms with Gasteiger partial charge in [0.05, 0.1) is 0 Å². The molecule has 1 amide bonds. The van der Waals surface area contributed by atoms with Gasteiger partial charge in [0.15, 0.2) is 0 Å². The second-order valence-corrected chi connectivity index (χ2v) is 6.66. The standard InChI is InChI=1S/C17H32N2O/c1-2-19(16-12-8-11-15(16)13-18)17(20)14-9-6-4-3-5-7-10-14/h14-16H,2-13,18H2,1H3. The Bertz CT molecular complexity index is 297. The van der Waals surface area contributed by atoms with E-state index in [9.17, 15) is 4.79 Å². The molecular weight excluding hydrogens is 248 g/mol. The fourth-order valence-electron chi connectivity index (χ4n) is 4.19. The lowest BCUT2D eigenvalue weighted by atomic mass is 9.89. The highest BCUT2D eigenvalue weighted by molar-refractivity contribution is 5.79. The van der Waals surface area contributed by atoms with Crippen molar-refractivity contribution in [2.45, 2.75) is 77.2 Å². The van der Waals surface area contributed by atoms with Gasteiger partial charge >= 0.3 is 0 Å². The number of amides is 1. The zero-order chi connectivity index (χ0) is 14.4. The summed E-state index contributed by atoms with van der Waals surface area (Å²) < 4.78 is 0. The third-order valence-corrected chi connectivity index (χ3v) is 5.40. The SMILES string of the molecule is CCN(C(=O)C1CCCCCCC1)C1CCCC1CN. The van der Waals surface area contributed by atoms with Crippen LogP contribution in [0, 0.1) is 11.8 Å². The van der Waals surface area contributed by atoms with E-state index in [0.29, 0.717) is 17.9 Å². The van der Waals surface area contributed by atoms with E-state index in [4.69, 9.17) is 5.73 Å². The maximum atomic E-state index is 12.9. The number of carbonyl (C=O) groups excluding carboxylic acids is 1. The van der Waals surface area contributed by atoms with E-state index in [0.717, 1.165) is 32.4 Å². The summed E-state index contributed by atoms with van der Waals surface area (Å²) >= 11 is 0. The highest BCUT2D eigenvalue weighted by atomic mass is 16.2. The topological polar surface area (TPSA) is 46.3 Å². The Labute approximate surface area is 124 Å². The van der Waals surface area contributed by atoms with Gasteiger partial charge in [-0.15, -0.1) is 0 Å². The van der Waals surface area contributed by atoms with Crippen molar-refractivity contribution in [1.82, 2.24) is 4.90 Å². The van der Waals surface area contributed by atoms with Gasteiger partial charge in [-0.2, -0.15) is 0 Å². The van der Waals surface area contributed by atoms with Gasteiger partial charge in [-0.05, 0) is 45.1 Å². The molecule has 2 N–H and O–H groups in total. The van der Waals surface area contributed by atoms with Crippen molar-refractivity contribution in [3.63, 3.8) is 0 Å². The summed E-state index contributed by atoms with van der Waals surface area (Å²) in [6.45, 7) is 3.72. The minimum Gasteiger partial charge on any atom is -0.339 e.